The van der Waals surface area contributed by atoms with E-state index in [2.05, 4.69) is 6.92 Å². The first kappa shape index (κ1) is 20.6. The largest absolute Gasteiger partial charge is 0.481 e. The van der Waals surface area contributed by atoms with Gasteiger partial charge in [0.1, 0.15) is 5.75 Å². The smallest absolute Gasteiger partial charge is 0.263 e. The SMILES string of the molecule is CCc1ccc(OC(C)C(=O)N2CCN(C(=O)C3(N)CCOCC3)CC2)cc1. The van der Waals surface area contributed by atoms with Gasteiger partial charge in [-0.2, -0.15) is 0 Å². The third-order valence-electron chi connectivity index (χ3n) is 5.68. The lowest BCUT2D eigenvalue weighted by molar-refractivity contribution is -0.147. The standard InChI is InChI=1S/C21H31N3O4/c1-3-17-4-6-18(7-5-17)28-16(2)19(25)23-10-12-24(13-11-23)20(26)21(22)8-14-27-15-9-21/h4-7,16H,3,8-15,22H2,1-2H3. The molecule has 2 saturated heterocycles. The van der Waals surface area contributed by atoms with E-state index in [1.54, 1.807) is 16.7 Å². The molecule has 154 valence electrons. The summed E-state index contributed by atoms with van der Waals surface area (Å²) in [7, 11) is 0. The Hall–Kier alpha value is -2.12. The van der Waals surface area contributed by atoms with Gasteiger partial charge in [-0.15, -0.1) is 0 Å². The van der Waals surface area contributed by atoms with Crippen molar-refractivity contribution < 1.29 is 19.1 Å². The number of rotatable bonds is 5. The van der Waals surface area contributed by atoms with E-state index in [0.717, 1.165) is 6.42 Å². The fourth-order valence-corrected chi connectivity index (χ4v) is 3.71. The Morgan fingerprint density at radius 3 is 2.25 bits per heavy atom. The molecule has 0 bridgehead atoms. The van der Waals surface area contributed by atoms with Gasteiger partial charge in [0.25, 0.3) is 5.91 Å². The average Bonchev–Trinajstić information content (AvgIpc) is 2.74. The maximum atomic E-state index is 12.8. The Balaban J connectivity index is 1.50. The van der Waals surface area contributed by atoms with Crippen LogP contribution in [-0.2, 0) is 20.7 Å². The maximum absolute atomic E-state index is 12.8. The van der Waals surface area contributed by atoms with Crippen LogP contribution in [0.5, 0.6) is 5.75 Å². The Bertz CT molecular complexity index is 677. The van der Waals surface area contributed by atoms with Gasteiger partial charge < -0.3 is 25.0 Å². The fraction of sp³-hybridized carbons (Fsp3) is 0.619. The van der Waals surface area contributed by atoms with E-state index in [4.69, 9.17) is 15.2 Å². The normalized spacial score (nSPS) is 20.5. The van der Waals surface area contributed by atoms with Crippen LogP contribution in [0.3, 0.4) is 0 Å². The zero-order valence-electron chi connectivity index (χ0n) is 16.9. The summed E-state index contributed by atoms with van der Waals surface area (Å²) in [4.78, 5) is 29.1. The predicted octanol–water partition coefficient (Wildman–Crippen LogP) is 1.20. The number of ether oxygens (including phenoxy) is 2. The Morgan fingerprint density at radius 1 is 1.11 bits per heavy atom. The van der Waals surface area contributed by atoms with Crippen LogP contribution in [0.2, 0.25) is 0 Å². The van der Waals surface area contributed by atoms with Crippen molar-refractivity contribution in [2.75, 3.05) is 39.4 Å². The van der Waals surface area contributed by atoms with Gasteiger partial charge in [-0.25, -0.2) is 0 Å². The van der Waals surface area contributed by atoms with E-state index in [1.165, 1.54) is 5.56 Å². The van der Waals surface area contributed by atoms with Gasteiger partial charge in [0.15, 0.2) is 6.10 Å². The van der Waals surface area contributed by atoms with E-state index < -0.39 is 11.6 Å². The zero-order chi connectivity index (χ0) is 20.1. The van der Waals surface area contributed by atoms with Crippen molar-refractivity contribution >= 4 is 11.8 Å². The van der Waals surface area contributed by atoms with Crippen LogP contribution in [0.25, 0.3) is 0 Å². The first-order valence-electron chi connectivity index (χ1n) is 10.1. The van der Waals surface area contributed by atoms with E-state index in [9.17, 15) is 9.59 Å². The van der Waals surface area contributed by atoms with Crippen LogP contribution in [0.4, 0.5) is 0 Å². The second kappa shape index (κ2) is 8.92. The molecule has 2 aliphatic rings. The number of hydrogen-bond donors (Lipinski definition) is 1. The molecule has 2 amide bonds. The van der Waals surface area contributed by atoms with Crippen LogP contribution in [0.15, 0.2) is 24.3 Å². The number of nitrogens with zero attached hydrogens (tertiary/aromatic N) is 2. The highest BCUT2D eigenvalue weighted by atomic mass is 16.5. The summed E-state index contributed by atoms with van der Waals surface area (Å²) in [5.74, 6) is 0.611. The number of nitrogens with two attached hydrogens (primary N) is 1. The van der Waals surface area contributed by atoms with Crippen molar-refractivity contribution in [3.05, 3.63) is 29.8 Å². The molecule has 2 fully saturated rings. The molecular weight excluding hydrogens is 358 g/mol. The summed E-state index contributed by atoms with van der Waals surface area (Å²) >= 11 is 0. The predicted molar refractivity (Wildman–Crippen MR) is 106 cm³/mol. The van der Waals surface area contributed by atoms with Crippen molar-refractivity contribution in [2.45, 2.75) is 44.8 Å². The van der Waals surface area contributed by atoms with Crippen LogP contribution >= 0.6 is 0 Å². The number of piperazine rings is 1. The lowest BCUT2D eigenvalue weighted by atomic mass is 9.89. The summed E-state index contributed by atoms with van der Waals surface area (Å²) in [5, 5.41) is 0. The highest BCUT2D eigenvalue weighted by Crippen LogP contribution is 2.22. The number of carbonyl (C=O) groups is 2. The van der Waals surface area contributed by atoms with Crippen LogP contribution < -0.4 is 10.5 Å². The summed E-state index contributed by atoms with van der Waals surface area (Å²) in [6, 6.07) is 7.81. The molecule has 3 rings (SSSR count). The molecule has 0 saturated carbocycles. The van der Waals surface area contributed by atoms with E-state index in [-0.39, 0.29) is 11.8 Å². The van der Waals surface area contributed by atoms with Crippen LogP contribution in [0.1, 0.15) is 32.3 Å². The van der Waals surface area contributed by atoms with E-state index in [1.807, 2.05) is 24.3 Å². The Kier molecular flexibility index (Phi) is 6.57. The monoisotopic (exact) mass is 389 g/mol. The van der Waals surface area contributed by atoms with Gasteiger partial charge in [-0.05, 0) is 43.9 Å². The molecule has 1 atom stereocenters. The number of carbonyl (C=O) groups excluding carboxylic acids is 2. The summed E-state index contributed by atoms with van der Waals surface area (Å²) in [6.07, 6.45) is 1.50. The van der Waals surface area contributed by atoms with Crippen LogP contribution in [0, 0.1) is 0 Å². The minimum atomic E-state index is -0.828. The van der Waals surface area contributed by atoms with Crippen LogP contribution in [-0.4, -0.2) is 72.6 Å². The molecule has 2 N–H and O–H groups in total. The summed E-state index contributed by atoms with van der Waals surface area (Å²) < 4.78 is 11.1. The van der Waals surface area contributed by atoms with Crippen molar-refractivity contribution in [1.82, 2.24) is 9.80 Å². The molecule has 0 radical (unpaired) electrons. The highest BCUT2D eigenvalue weighted by Gasteiger charge is 2.40. The molecular formula is C21H31N3O4. The third-order valence-corrected chi connectivity index (χ3v) is 5.68. The molecule has 0 spiro atoms. The van der Waals surface area contributed by atoms with Gasteiger partial charge in [-0.3, -0.25) is 9.59 Å². The quantitative estimate of drug-likeness (QED) is 0.818. The fourth-order valence-electron chi connectivity index (χ4n) is 3.71. The molecule has 7 heteroatoms. The Labute approximate surface area is 166 Å². The first-order valence-corrected chi connectivity index (χ1v) is 10.1. The molecule has 1 aromatic carbocycles. The first-order chi connectivity index (χ1) is 13.4. The summed E-state index contributed by atoms with van der Waals surface area (Å²) in [6.45, 7) is 6.92. The molecule has 1 aromatic rings. The molecule has 2 heterocycles. The number of amides is 2. The average molecular weight is 389 g/mol. The molecule has 0 aromatic heterocycles. The Morgan fingerprint density at radius 2 is 1.68 bits per heavy atom. The third kappa shape index (κ3) is 4.64. The minimum Gasteiger partial charge on any atom is -0.481 e. The summed E-state index contributed by atoms with van der Waals surface area (Å²) in [5.41, 5.74) is 6.71. The van der Waals surface area contributed by atoms with E-state index in [0.29, 0.717) is 58.0 Å². The molecule has 0 aliphatic carbocycles. The molecule has 28 heavy (non-hydrogen) atoms. The maximum Gasteiger partial charge on any atom is 0.263 e. The topological polar surface area (TPSA) is 85.1 Å². The lowest BCUT2D eigenvalue weighted by Gasteiger charge is -2.41. The van der Waals surface area contributed by atoms with Gasteiger partial charge >= 0.3 is 0 Å². The lowest BCUT2D eigenvalue weighted by Crippen LogP contribution is -2.62. The van der Waals surface area contributed by atoms with Crippen molar-refractivity contribution in [3.63, 3.8) is 0 Å². The van der Waals surface area contributed by atoms with Gasteiger partial charge in [-0.1, -0.05) is 19.1 Å². The van der Waals surface area contributed by atoms with Gasteiger partial charge in [0, 0.05) is 39.4 Å². The molecule has 1 unspecified atom stereocenters. The van der Waals surface area contributed by atoms with Gasteiger partial charge in [0.2, 0.25) is 5.91 Å². The molecule has 7 nitrogen and oxygen atoms in total. The molecule has 2 aliphatic heterocycles. The van der Waals surface area contributed by atoms with Crippen molar-refractivity contribution in [1.29, 1.82) is 0 Å². The van der Waals surface area contributed by atoms with Crippen molar-refractivity contribution in [3.8, 4) is 5.75 Å². The number of benzene rings is 1. The zero-order valence-corrected chi connectivity index (χ0v) is 16.9. The van der Waals surface area contributed by atoms with E-state index >= 15 is 0 Å². The minimum absolute atomic E-state index is 0.0248. The van der Waals surface area contributed by atoms with Gasteiger partial charge in [0.05, 0.1) is 5.54 Å². The number of aryl methyl sites for hydroxylation is 1. The second-order valence-corrected chi connectivity index (χ2v) is 7.64. The number of hydrogen-bond acceptors (Lipinski definition) is 5. The highest BCUT2D eigenvalue weighted by molar-refractivity contribution is 5.87. The van der Waals surface area contributed by atoms with Crippen molar-refractivity contribution in [2.24, 2.45) is 5.73 Å². The second-order valence-electron chi connectivity index (χ2n) is 7.64.